The lowest BCUT2D eigenvalue weighted by atomic mass is 10.1. The predicted octanol–water partition coefficient (Wildman–Crippen LogP) is 3.76. The summed E-state index contributed by atoms with van der Waals surface area (Å²) in [6.07, 6.45) is -4.26. The third-order valence-corrected chi connectivity index (χ3v) is 6.22. The number of alkyl halides is 3. The van der Waals surface area contributed by atoms with Crippen LogP contribution in [0, 0.1) is 3.57 Å². The topological polar surface area (TPSA) is 43.9 Å². The maximum absolute atomic E-state index is 13.0. The van der Waals surface area contributed by atoms with Gasteiger partial charge in [0.25, 0.3) is 5.91 Å². The molecule has 2 aromatic carbocycles. The van der Waals surface area contributed by atoms with Gasteiger partial charge in [0.1, 0.15) is 0 Å². The van der Waals surface area contributed by atoms with Gasteiger partial charge < -0.3 is 4.90 Å². The minimum Gasteiger partial charge on any atom is -0.369 e. The Labute approximate surface area is 185 Å². The van der Waals surface area contributed by atoms with E-state index in [2.05, 4.69) is 22.6 Å². The number of rotatable bonds is 3. The number of anilines is 2. The van der Waals surface area contributed by atoms with Crippen LogP contribution < -0.4 is 9.80 Å². The highest BCUT2D eigenvalue weighted by molar-refractivity contribution is 14.1. The van der Waals surface area contributed by atoms with E-state index in [0.717, 1.165) is 15.7 Å². The molecular weight excluding hydrogens is 510 g/mol. The zero-order chi connectivity index (χ0) is 21.5. The molecule has 2 aliphatic rings. The quantitative estimate of drug-likeness (QED) is 0.449. The van der Waals surface area contributed by atoms with E-state index in [-0.39, 0.29) is 18.2 Å². The second-order valence-electron chi connectivity index (χ2n) is 7.33. The molecule has 2 amide bonds. The third-order valence-electron chi connectivity index (χ3n) is 5.50. The van der Waals surface area contributed by atoms with Crippen LogP contribution in [0.15, 0.2) is 48.5 Å². The highest BCUT2D eigenvalue weighted by Gasteiger charge is 2.43. The molecule has 158 valence electrons. The Balaban J connectivity index is 1.43. The number of carbonyl (C=O) groups excluding carboxylic acids is 2. The first-order chi connectivity index (χ1) is 14.2. The Morgan fingerprint density at radius 3 is 2.20 bits per heavy atom. The largest absolute Gasteiger partial charge is 0.416 e. The molecule has 0 radical (unpaired) electrons. The van der Waals surface area contributed by atoms with Gasteiger partial charge in [0.2, 0.25) is 5.91 Å². The Morgan fingerprint density at radius 2 is 1.57 bits per heavy atom. The average molecular weight is 529 g/mol. The Morgan fingerprint density at radius 1 is 0.900 bits per heavy atom. The van der Waals surface area contributed by atoms with Crippen LogP contribution >= 0.6 is 22.6 Å². The minimum atomic E-state index is -4.38. The van der Waals surface area contributed by atoms with Gasteiger partial charge in [-0.25, -0.2) is 4.90 Å². The van der Waals surface area contributed by atoms with Crippen molar-refractivity contribution in [1.29, 1.82) is 0 Å². The second kappa shape index (κ2) is 8.18. The van der Waals surface area contributed by atoms with Gasteiger partial charge in [-0.2, -0.15) is 13.2 Å². The molecule has 5 nitrogen and oxygen atoms in total. The van der Waals surface area contributed by atoms with Crippen LogP contribution in [-0.4, -0.2) is 48.9 Å². The van der Waals surface area contributed by atoms with E-state index in [9.17, 15) is 22.8 Å². The molecule has 2 aliphatic heterocycles. The molecule has 2 saturated heterocycles. The first-order valence-corrected chi connectivity index (χ1v) is 10.6. The fourth-order valence-electron chi connectivity index (χ4n) is 3.93. The summed E-state index contributed by atoms with van der Waals surface area (Å²) in [4.78, 5) is 30.5. The fourth-order valence-corrected chi connectivity index (χ4v) is 4.29. The van der Waals surface area contributed by atoms with Gasteiger partial charge in [-0.05, 0) is 65.1 Å². The maximum Gasteiger partial charge on any atom is 0.416 e. The second-order valence-corrected chi connectivity index (χ2v) is 8.58. The molecule has 0 unspecified atom stereocenters. The summed E-state index contributed by atoms with van der Waals surface area (Å²) < 4.78 is 39.9. The highest BCUT2D eigenvalue weighted by atomic mass is 127. The lowest BCUT2D eigenvalue weighted by Crippen LogP contribution is -2.52. The number of nitrogens with zero attached hydrogens (tertiary/aromatic N) is 3. The normalized spacial score (nSPS) is 20.9. The van der Waals surface area contributed by atoms with E-state index >= 15 is 0 Å². The van der Waals surface area contributed by atoms with Gasteiger partial charge in [-0.1, -0.05) is 6.07 Å². The van der Waals surface area contributed by atoms with Crippen molar-refractivity contribution in [3.8, 4) is 0 Å². The van der Waals surface area contributed by atoms with Gasteiger partial charge in [0.05, 0.1) is 23.7 Å². The van der Waals surface area contributed by atoms with Crippen molar-refractivity contribution in [2.75, 3.05) is 36.0 Å². The molecule has 2 aromatic rings. The molecule has 0 saturated carbocycles. The number of carbonyl (C=O) groups is 2. The lowest BCUT2D eigenvalue weighted by Gasteiger charge is -2.38. The van der Waals surface area contributed by atoms with Crippen molar-refractivity contribution >= 4 is 45.8 Å². The van der Waals surface area contributed by atoms with Crippen molar-refractivity contribution in [3.63, 3.8) is 0 Å². The lowest BCUT2D eigenvalue weighted by molar-refractivity contribution is -0.137. The van der Waals surface area contributed by atoms with E-state index in [4.69, 9.17) is 0 Å². The molecule has 0 aromatic heterocycles. The molecule has 0 bridgehead atoms. The van der Waals surface area contributed by atoms with Gasteiger partial charge in [-0.3, -0.25) is 14.5 Å². The first-order valence-electron chi connectivity index (χ1n) is 9.52. The number of hydrogen-bond acceptors (Lipinski definition) is 4. The zero-order valence-corrected chi connectivity index (χ0v) is 18.1. The molecule has 4 rings (SSSR count). The molecule has 0 spiro atoms. The number of hydrogen-bond donors (Lipinski definition) is 0. The summed E-state index contributed by atoms with van der Waals surface area (Å²) in [6, 6.07) is 11.9. The van der Waals surface area contributed by atoms with Crippen molar-refractivity contribution < 1.29 is 22.8 Å². The van der Waals surface area contributed by atoms with Gasteiger partial charge in [0, 0.05) is 35.4 Å². The number of amides is 2. The van der Waals surface area contributed by atoms with Crippen LogP contribution in [0.2, 0.25) is 0 Å². The molecule has 0 N–H and O–H groups in total. The van der Waals surface area contributed by atoms with Gasteiger partial charge in [0.15, 0.2) is 0 Å². The van der Waals surface area contributed by atoms with E-state index in [1.807, 2.05) is 21.9 Å². The maximum atomic E-state index is 13.0. The van der Waals surface area contributed by atoms with E-state index < -0.39 is 17.8 Å². The summed E-state index contributed by atoms with van der Waals surface area (Å²) in [7, 11) is 0. The van der Waals surface area contributed by atoms with Crippen molar-refractivity contribution in [2.45, 2.75) is 18.6 Å². The molecule has 0 aliphatic carbocycles. The van der Waals surface area contributed by atoms with Crippen LogP contribution in [0.3, 0.4) is 0 Å². The van der Waals surface area contributed by atoms with Crippen LogP contribution in [-0.2, 0) is 15.8 Å². The molecule has 2 heterocycles. The fraction of sp³-hybridized carbons (Fsp3) is 0.333. The van der Waals surface area contributed by atoms with E-state index in [1.165, 1.54) is 11.0 Å². The monoisotopic (exact) mass is 529 g/mol. The SMILES string of the molecule is O=C1C[C@@H](N2CCN(c3cccc(C(F)(F)F)c3)CC2)C(=O)N1c1ccc(I)cc1. The van der Waals surface area contributed by atoms with Crippen LogP contribution in [0.4, 0.5) is 24.5 Å². The van der Waals surface area contributed by atoms with Crippen molar-refractivity contribution in [3.05, 3.63) is 57.7 Å². The van der Waals surface area contributed by atoms with E-state index in [1.54, 1.807) is 18.2 Å². The van der Waals surface area contributed by atoms with E-state index in [0.29, 0.717) is 37.6 Å². The third kappa shape index (κ3) is 4.18. The number of imide groups is 1. The number of piperazine rings is 1. The summed E-state index contributed by atoms with van der Waals surface area (Å²) in [5.41, 5.74) is 0.404. The molecule has 30 heavy (non-hydrogen) atoms. The van der Waals surface area contributed by atoms with Crippen LogP contribution in [0.25, 0.3) is 0 Å². The minimum absolute atomic E-state index is 0.119. The predicted molar refractivity (Wildman–Crippen MR) is 115 cm³/mol. The van der Waals surface area contributed by atoms with Crippen molar-refractivity contribution in [2.24, 2.45) is 0 Å². The number of halogens is 4. The Hall–Kier alpha value is -2.14. The van der Waals surface area contributed by atoms with Gasteiger partial charge >= 0.3 is 6.18 Å². The molecular formula is C21H19F3IN3O2. The highest BCUT2D eigenvalue weighted by Crippen LogP contribution is 2.32. The van der Waals surface area contributed by atoms with Crippen molar-refractivity contribution in [1.82, 2.24) is 4.90 Å². The summed E-state index contributed by atoms with van der Waals surface area (Å²) >= 11 is 2.16. The van der Waals surface area contributed by atoms with Crippen LogP contribution in [0.5, 0.6) is 0 Å². The summed E-state index contributed by atoms with van der Waals surface area (Å²) in [5, 5.41) is 0. The molecule has 2 fully saturated rings. The average Bonchev–Trinajstić information content (AvgIpc) is 3.02. The van der Waals surface area contributed by atoms with Gasteiger partial charge in [-0.15, -0.1) is 0 Å². The standard InChI is InChI=1S/C21H19F3IN3O2/c22-21(23,24)14-2-1-3-17(12-14)26-8-10-27(11-9-26)18-13-19(29)28(20(18)30)16-6-4-15(25)5-7-16/h1-7,12,18H,8-11,13H2/t18-/m1/s1. The Kier molecular flexibility index (Phi) is 5.75. The summed E-state index contributed by atoms with van der Waals surface area (Å²) in [6.45, 7) is 1.98. The molecule has 9 heteroatoms. The Bertz CT molecular complexity index is 957. The smallest absolute Gasteiger partial charge is 0.369 e. The number of benzene rings is 2. The summed E-state index contributed by atoms with van der Waals surface area (Å²) in [5.74, 6) is -0.472. The zero-order valence-electron chi connectivity index (χ0n) is 15.9. The molecule has 1 atom stereocenters. The van der Waals surface area contributed by atoms with Crippen LogP contribution in [0.1, 0.15) is 12.0 Å². The first kappa shape index (κ1) is 21.1.